The van der Waals surface area contributed by atoms with E-state index in [2.05, 4.69) is 24.3 Å². The van der Waals surface area contributed by atoms with Crippen LogP contribution in [0, 0.1) is 22.7 Å². The number of unbranched alkanes of at least 4 members (excludes halogenated alkanes) is 2. The van der Waals surface area contributed by atoms with Crippen LogP contribution in [0.1, 0.15) is 116 Å². The van der Waals surface area contributed by atoms with Crippen LogP contribution in [-0.2, 0) is 19.1 Å². The molecule has 0 radical (unpaired) electrons. The predicted molar refractivity (Wildman–Crippen MR) is 189 cm³/mol. The molecule has 3 aromatic rings. The Balaban J connectivity index is 0.862. The van der Waals surface area contributed by atoms with Crippen molar-refractivity contribution >= 4 is 33.5 Å². The van der Waals surface area contributed by atoms with Crippen LogP contribution in [0.4, 0.5) is 0 Å². The molecule has 4 aliphatic carbocycles. The zero-order valence-electron chi connectivity index (χ0n) is 28.8. The maximum atomic E-state index is 12.4. The van der Waals surface area contributed by atoms with E-state index in [-0.39, 0.29) is 11.9 Å². The molecule has 0 spiro atoms. The van der Waals surface area contributed by atoms with Gasteiger partial charge in [-0.1, -0.05) is 48.5 Å². The molecule has 4 fully saturated rings. The van der Waals surface area contributed by atoms with Crippen molar-refractivity contribution in [1.82, 2.24) is 0 Å². The summed E-state index contributed by atoms with van der Waals surface area (Å²) in [4.78, 5) is 24.8. The summed E-state index contributed by atoms with van der Waals surface area (Å²) in [5.74, 6) is 3.40. The molecule has 7 rings (SSSR count). The van der Waals surface area contributed by atoms with Crippen LogP contribution in [0.5, 0.6) is 11.5 Å². The average Bonchev–Trinajstić information content (AvgIpc) is 3.91. The molecule has 6 nitrogen and oxygen atoms in total. The molecular formula is C42H54O6. The number of esters is 2. The Hall–Kier alpha value is -3.28. The van der Waals surface area contributed by atoms with Crippen molar-refractivity contribution < 1.29 is 28.5 Å². The molecule has 258 valence electrons. The lowest BCUT2D eigenvalue weighted by Crippen LogP contribution is -2.18. The molecule has 6 heteroatoms. The third-order valence-corrected chi connectivity index (χ3v) is 12.4. The molecule has 0 aliphatic heterocycles. The van der Waals surface area contributed by atoms with Gasteiger partial charge in [-0.25, -0.2) is 0 Å². The Kier molecular flexibility index (Phi) is 10.4. The van der Waals surface area contributed by atoms with Gasteiger partial charge in [0.25, 0.3) is 0 Å². The predicted octanol–water partition coefficient (Wildman–Crippen LogP) is 10.1. The van der Waals surface area contributed by atoms with Crippen molar-refractivity contribution in [3.8, 4) is 11.5 Å². The van der Waals surface area contributed by atoms with Crippen LogP contribution in [0.25, 0.3) is 21.5 Å². The summed E-state index contributed by atoms with van der Waals surface area (Å²) in [6.07, 6.45) is 19.5. The highest BCUT2D eigenvalue weighted by Crippen LogP contribution is 2.56. The van der Waals surface area contributed by atoms with E-state index in [0.717, 1.165) is 83.4 Å². The molecule has 0 saturated heterocycles. The number of carbonyl (C=O) groups is 2. The van der Waals surface area contributed by atoms with Gasteiger partial charge in [-0.2, -0.15) is 0 Å². The van der Waals surface area contributed by atoms with Crippen LogP contribution < -0.4 is 9.47 Å². The molecule has 0 atom stereocenters. The highest BCUT2D eigenvalue weighted by molar-refractivity contribution is 6.11. The zero-order valence-corrected chi connectivity index (χ0v) is 28.8. The Morgan fingerprint density at radius 3 is 1.25 bits per heavy atom. The quantitative estimate of drug-likeness (QED) is 0.0772. The summed E-state index contributed by atoms with van der Waals surface area (Å²) in [6, 6.07) is 16.5. The highest BCUT2D eigenvalue weighted by Gasteiger charge is 2.45. The fourth-order valence-corrected chi connectivity index (χ4v) is 9.68. The second-order valence-corrected chi connectivity index (χ2v) is 15.6. The minimum Gasteiger partial charge on any atom is -0.492 e. The number of benzene rings is 3. The second-order valence-electron chi connectivity index (χ2n) is 15.6. The van der Waals surface area contributed by atoms with Gasteiger partial charge in [0.05, 0.1) is 26.4 Å². The van der Waals surface area contributed by atoms with E-state index in [1.54, 1.807) is 0 Å². The Morgan fingerprint density at radius 1 is 0.542 bits per heavy atom. The molecular weight excluding hydrogens is 600 g/mol. The topological polar surface area (TPSA) is 71.1 Å². The molecule has 4 saturated carbocycles. The first-order chi connectivity index (χ1) is 23.5. The molecule has 48 heavy (non-hydrogen) atoms. The highest BCUT2D eigenvalue weighted by atomic mass is 16.5. The molecule has 0 unspecified atom stereocenters. The van der Waals surface area contributed by atoms with E-state index in [1.807, 2.05) is 24.3 Å². The number of carbonyl (C=O) groups excluding carboxylic acids is 2. The van der Waals surface area contributed by atoms with E-state index in [0.29, 0.717) is 50.1 Å². The minimum absolute atomic E-state index is 0.0843. The van der Waals surface area contributed by atoms with Crippen molar-refractivity contribution in [2.75, 3.05) is 26.4 Å². The first kappa shape index (κ1) is 33.2. The lowest BCUT2D eigenvalue weighted by Gasteiger charge is -2.25. The maximum absolute atomic E-state index is 12.4. The summed E-state index contributed by atoms with van der Waals surface area (Å²) in [5, 5.41) is 4.07. The van der Waals surface area contributed by atoms with Crippen molar-refractivity contribution in [2.45, 2.75) is 116 Å². The van der Waals surface area contributed by atoms with E-state index in [1.165, 1.54) is 64.2 Å². The van der Waals surface area contributed by atoms with E-state index in [9.17, 15) is 9.59 Å². The monoisotopic (exact) mass is 654 g/mol. The molecule has 0 aromatic heterocycles. The Labute approximate surface area is 286 Å². The number of ether oxygens (including phenoxy) is 4. The van der Waals surface area contributed by atoms with Gasteiger partial charge in [-0.05, 0) is 125 Å². The first-order valence-electron chi connectivity index (χ1n) is 19.0. The average molecular weight is 655 g/mol. The molecule has 0 heterocycles. The lowest BCUT2D eigenvalue weighted by atomic mass is 9.81. The smallest absolute Gasteiger partial charge is 0.305 e. The fourth-order valence-electron chi connectivity index (χ4n) is 9.68. The summed E-state index contributed by atoms with van der Waals surface area (Å²) >= 11 is 0. The van der Waals surface area contributed by atoms with E-state index < -0.39 is 0 Å². The van der Waals surface area contributed by atoms with Gasteiger partial charge in [0.2, 0.25) is 0 Å². The van der Waals surface area contributed by atoms with Crippen LogP contribution in [0.2, 0.25) is 0 Å². The summed E-state index contributed by atoms with van der Waals surface area (Å²) in [7, 11) is 0. The summed E-state index contributed by atoms with van der Waals surface area (Å²) in [6.45, 7) is 2.21. The van der Waals surface area contributed by atoms with Crippen LogP contribution in [0.15, 0.2) is 48.5 Å². The Bertz CT molecular complexity index is 1390. The zero-order chi connectivity index (χ0) is 32.8. The van der Waals surface area contributed by atoms with Crippen molar-refractivity contribution in [2.24, 2.45) is 22.7 Å². The van der Waals surface area contributed by atoms with Crippen molar-refractivity contribution in [3.63, 3.8) is 0 Å². The van der Waals surface area contributed by atoms with Crippen LogP contribution in [-0.4, -0.2) is 38.4 Å². The summed E-state index contributed by atoms with van der Waals surface area (Å²) < 4.78 is 24.1. The standard InChI is InChI=1S/C42H54O6/c43-37(45-27-23-41-19-15-31(29-41)16-20-41)13-5-7-25-47-39-33-9-1-2-10-34(33)40(36-12-4-3-11-35(36)39)48-26-8-6-14-38(44)46-28-24-42-21-17-32(30-42)18-22-42/h1-4,9-12,31-32H,5-8,13-30H2. The number of fused-ring (bicyclic) bond motifs is 6. The number of hydrogen-bond donors (Lipinski definition) is 0. The molecule has 3 aromatic carbocycles. The van der Waals surface area contributed by atoms with Gasteiger partial charge in [-0.3, -0.25) is 9.59 Å². The minimum atomic E-state index is -0.0843. The second kappa shape index (κ2) is 15.1. The van der Waals surface area contributed by atoms with Crippen LogP contribution >= 0.6 is 0 Å². The maximum Gasteiger partial charge on any atom is 0.305 e. The normalized spacial score (nSPS) is 25.6. The van der Waals surface area contributed by atoms with Gasteiger partial charge in [0, 0.05) is 34.4 Å². The SMILES string of the molecule is O=C(CCCCOc1c2ccccc2c(OCCCCC(=O)OCCC23CCC(CC2)C3)c2ccccc12)OCCC12CCC(CC1)C2. The van der Waals surface area contributed by atoms with Gasteiger partial charge in [0.15, 0.2) is 0 Å². The fraction of sp³-hybridized carbons (Fsp3) is 0.619. The largest absolute Gasteiger partial charge is 0.492 e. The summed E-state index contributed by atoms with van der Waals surface area (Å²) in [5.41, 5.74) is 0.932. The molecule has 4 aliphatic rings. The van der Waals surface area contributed by atoms with Crippen molar-refractivity contribution in [1.29, 1.82) is 0 Å². The Morgan fingerprint density at radius 2 is 0.917 bits per heavy atom. The molecule has 0 amide bonds. The van der Waals surface area contributed by atoms with Gasteiger partial charge in [0.1, 0.15) is 11.5 Å². The third kappa shape index (κ3) is 7.63. The van der Waals surface area contributed by atoms with Gasteiger partial charge >= 0.3 is 11.9 Å². The molecule has 4 bridgehead atoms. The molecule has 0 N–H and O–H groups in total. The van der Waals surface area contributed by atoms with Gasteiger partial charge < -0.3 is 18.9 Å². The number of hydrogen-bond acceptors (Lipinski definition) is 6. The lowest BCUT2D eigenvalue weighted by molar-refractivity contribution is -0.145. The third-order valence-electron chi connectivity index (χ3n) is 12.4. The van der Waals surface area contributed by atoms with Crippen LogP contribution in [0.3, 0.4) is 0 Å². The first-order valence-corrected chi connectivity index (χ1v) is 19.0. The van der Waals surface area contributed by atoms with E-state index in [4.69, 9.17) is 18.9 Å². The van der Waals surface area contributed by atoms with Gasteiger partial charge in [-0.15, -0.1) is 0 Å². The van der Waals surface area contributed by atoms with E-state index >= 15 is 0 Å². The van der Waals surface area contributed by atoms with Crippen molar-refractivity contribution in [3.05, 3.63) is 48.5 Å². The number of rotatable bonds is 18.